The Balaban J connectivity index is 2.53. The first-order valence-corrected chi connectivity index (χ1v) is 8.81. The van der Waals surface area contributed by atoms with Crippen LogP contribution in [0.1, 0.15) is 43.0 Å². The number of rotatable bonds is 4. The Hall–Kier alpha value is -1.12. The molecule has 1 unspecified atom stereocenters. The fourth-order valence-corrected chi connectivity index (χ4v) is 4.33. The zero-order chi connectivity index (χ0) is 14.8. The normalized spacial score (nSPS) is 16.2. The lowest BCUT2D eigenvalue weighted by Crippen LogP contribution is -2.22. The van der Waals surface area contributed by atoms with Gasteiger partial charge in [-0.3, -0.25) is 0 Å². The molecule has 1 aliphatic rings. The molecule has 0 saturated carbocycles. The number of hydrogen-bond donors (Lipinski definition) is 0. The lowest BCUT2D eigenvalue weighted by atomic mass is 9.95. The highest BCUT2D eigenvalue weighted by Crippen LogP contribution is 2.26. The Morgan fingerprint density at radius 1 is 1.45 bits per heavy atom. The average molecular weight is 313 g/mol. The summed E-state index contributed by atoms with van der Waals surface area (Å²) < 4.78 is 25.0. The molecule has 1 heterocycles. The third-order valence-corrected chi connectivity index (χ3v) is 6.06. The van der Waals surface area contributed by atoms with E-state index in [-0.39, 0.29) is 16.5 Å². The third-order valence-electron chi connectivity index (χ3n) is 3.70. The summed E-state index contributed by atoms with van der Waals surface area (Å²) >= 11 is 5.63. The second-order valence-corrected chi connectivity index (χ2v) is 7.76. The largest absolute Gasteiger partial charge is 0.240 e. The number of sulfone groups is 1. The van der Waals surface area contributed by atoms with Gasteiger partial charge < -0.3 is 0 Å². The van der Waals surface area contributed by atoms with E-state index < -0.39 is 15.1 Å². The number of nitrogens with zero attached hydrogens (tertiary/aromatic N) is 2. The molecule has 0 aliphatic heterocycles. The Labute approximate surface area is 124 Å². The van der Waals surface area contributed by atoms with Crippen molar-refractivity contribution in [1.29, 1.82) is 5.26 Å². The van der Waals surface area contributed by atoms with Crippen molar-refractivity contribution in [2.24, 2.45) is 0 Å². The summed E-state index contributed by atoms with van der Waals surface area (Å²) in [6, 6.07) is 3.67. The maximum atomic E-state index is 12.5. The van der Waals surface area contributed by atoms with E-state index in [9.17, 15) is 13.7 Å². The lowest BCUT2D eigenvalue weighted by molar-refractivity contribution is 0.574. The van der Waals surface area contributed by atoms with Crippen LogP contribution in [0.2, 0.25) is 0 Å². The highest BCUT2D eigenvalue weighted by molar-refractivity contribution is 7.92. The molecule has 0 bridgehead atoms. The third kappa shape index (κ3) is 2.82. The molecule has 1 aromatic heterocycles. The number of alkyl halides is 1. The van der Waals surface area contributed by atoms with Crippen LogP contribution in [-0.4, -0.2) is 24.5 Å². The molecule has 0 aromatic carbocycles. The van der Waals surface area contributed by atoms with Gasteiger partial charge in [0.05, 0.1) is 10.8 Å². The van der Waals surface area contributed by atoms with Crippen molar-refractivity contribution < 1.29 is 8.42 Å². The minimum atomic E-state index is -3.60. The first-order chi connectivity index (χ1) is 9.50. The standard InChI is InChI=1S/C14H17ClN2O2S/c1-10(6-7-15)20(18,19)14-12(9-16)8-11-4-2-3-5-13(11)17-14/h8,10H,2-7H2,1H3. The molecule has 0 saturated heterocycles. The zero-order valence-corrected chi connectivity index (χ0v) is 13.0. The predicted molar refractivity (Wildman–Crippen MR) is 77.6 cm³/mol. The molecule has 1 aromatic rings. The Morgan fingerprint density at radius 2 is 2.15 bits per heavy atom. The molecule has 1 atom stereocenters. The molecular formula is C14H17ClN2O2S. The van der Waals surface area contributed by atoms with Crippen LogP contribution in [0, 0.1) is 11.3 Å². The van der Waals surface area contributed by atoms with Crippen molar-refractivity contribution in [3.05, 3.63) is 22.9 Å². The van der Waals surface area contributed by atoms with Gasteiger partial charge in [0.2, 0.25) is 0 Å². The number of pyridine rings is 1. The van der Waals surface area contributed by atoms with Gasteiger partial charge in [-0.2, -0.15) is 5.26 Å². The summed E-state index contributed by atoms with van der Waals surface area (Å²) in [4.78, 5) is 4.31. The molecule has 0 amide bonds. The number of nitriles is 1. The van der Waals surface area contributed by atoms with Crippen LogP contribution in [0.25, 0.3) is 0 Å². The van der Waals surface area contributed by atoms with E-state index in [0.717, 1.165) is 36.9 Å². The second-order valence-electron chi connectivity index (χ2n) is 5.10. The molecule has 0 fully saturated rings. The molecule has 1 aliphatic carbocycles. The summed E-state index contributed by atoms with van der Waals surface area (Å²) in [6.45, 7) is 1.61. The number of hydrogen-bond acceptors (Lipinski definition) is 4. The monoisotopic (exact) mass is 312 g/mol. The van der Waals surface area contributed by atoms with Crippen LogP contribution in [0.15, 0.2) is 11.1 Å². The lowest BCUT2D eigenvalue weighted by Gasteiger charge is -2.18. The fourth-order valence-electron chi connectivity index (χ4n) is 2.41. The maximum Gasteiger partial charge on any atom is 0.199 e. The number of fused-ring (bicyclic) bond motifs is 1. The van der Waals surface area contributed by atoms with E-state index in [1.165, 1.54) is 0 Å². The predicted octanol–water partition coefficient (Wildman–Crippen LogP) is 2.62. The van der Waals surface area contributed by atoms with Crippen molar-refractivity contribution in [2.45, 2.75) is 49.3 Å². The van der Waals surface area contributed by atoms with Gasteiger partial charge >= 0.3 is 0 Å². The molecule has 108 valence electrons. The van der Waals surface area contributed by atoms with Gasteiger partial charge in [0.15, 0.2) is 14.9 Å². The molecule has 6 heteroatoms. The van der Waals surface area contributed by atoms with Gasteiger partial charge in [0, 0.05) is 11.6 Å². The summed E-state index contributed by atoms with van der Waals surface area (Å²) in [5.41, 5.74) is 2.00. The Morgan fingerprint density at radius 3 is 2.80 bits per heavy atom. The quantitative estimate of drug-likeness (QED) is 0.801. The van der Waals surface area contributed by atoms with Gasteiger partial charge in [-0.05, 0) is 50.7 Å². The van der Waals surface area contributed by atoms with Gasteiger partial charge in [0.25, 0.3) is 0 Å². The average Bonchev–Trinajstić information content (AvgIpc) is 2.46. The number of aromatic nitrogens is 1. The molecule has 0 N–H and O–H groups in total. The van der Waals surface area contributed by atoms with Crippen LogP contribution in [0.3, 0.4) is 0 Å². The van der Waals surface area contributed by atoms with Crippen LogP contribution in [0.5, 0.6) is 0 Å². The summed E-state index contributed by atoms with van der Waals surface area (Å²) in [6.07, 6.45) is 4.09. The van der Waals surface area contributed by atoms with E-state index >= 15 is 0 Å². The summed E-state index contributed by atoms with van der Waals surface area (Å²) in [7, 11) is -3.60. The van der Waals surface area contributed by atoms with Gasteiger partial charge in [-0.25, -0.2) is 13.4 Å². The van der Waals surface area contributed by atoms with Crippen molar-refractivity contribution in [2.75, 3.05) is 5.88 Å². The number of aryl methyl sites for hydroxylation is 2. The topological polar surface area (TPSA) is 70.8 Å². The van der Waals surface area contributed by atoms with Crippen molar-refractivity contribution >= 4 is 21.4 Å². The Bertz CT molecular complexity index is 650. The number of halogens is 1. The SMILES string of the molecule is CC(CCCl)S(=O)(=O)c1nc2c(cc1C#N)CCCC2. The maximum absolute atomic E-state index is 12.5. The first-order valence-electron chi connectivity index (χ1n) is 6.73. The van der Waals surface area contributed by atoms with E-state index in [1.807, 2.05) is 6.07 Å². The van der Waals surface area contributed by atoms with Crippen LogP contribution in [-0.2, 0) is 22.7 Å². The second kappa shape index (κ2) is 6.11. The molecule has 20 heavy (non-hydrogen) atoms. The molecular weight excluding hydrogens is 296 g/mol. The van der Waals surface area contributed by atoms with Crippen LogP contribution in [0.4, 0.5) is 0 Å². The van der Waals surface area contributed by atoms with Gasteiger partial charge in [-0.15, -0.1) is 11.6 Å². The first kappa shape index (κ1) is 15.3. The van der Waals surface area contributed by atoms with Crippen molar-refractivity contribution in [3.63, 3.8) is 0 Å². The zero-order valence-electron chi connectivity index (χ0n) is 11.4. The molecule has 0 spiro atoms. The van der Waals surface area contributed by atoms with Gasteiger partial charge in [-0.1, -0.05) is 0 Å². The van der Waals surface area contributed by atoms with E-state index in [1.54, 1.807) is 13.0 Å². The van der Waals surface area contributed by atoms with Crippen molar-refractivity contribution in [1.82, 2.24) is 4.98 Å². The summed E-state index contributed by atoms with van der Waals surface area (Å²) in [5.74, 6) is 0.271. The smallest absolute Gasteiger partial charge is 0.199 e. The molecule has 2 rings (SSSR count). The summed E-state index contributed by atoms with van der Waals surface area (Å²) in [5, 5.41) is 8.52. The highest BCUT2D eigenvalue weighted by atomic mass is 35.5. The van der Waals surface area contributed by atoms with Gasteiger partial charge in [0.1, 0.15) is 6.07 Å². The minimum absolute atomic E-state index is 0.0710. The van der Waals surface area contributed by atoms with E-state index in [0.29, 0.717) is 6.42 Å². The van der Waals surface area contributed by atoms with E-state index in [4.69, 9.17) is 11.6 Å². The molecule has 4 nitrogen and oxygen atoms in total. The Kier molecular flexibility index (Phi) is 4.66. The van der Waals surface area contributed by atoms with Crippen molar-refractivity contribution in [3.8, 4) is 6.07 Å². The molecule has 0 radical (unpaired) electrons. The van der Waals surface area contributed by atoms with E-state index in [2.05, 4.69) is 4.98 Å². The van der Waals surface area contributed by atoms with Crippen LogP contribution >= 0.6 is 11.6 Å². The fraction of sp³-hybridized carbons (Fsp3) is 0.571. The minimum Gasteiger partial charge on any atom is -0.240 e. The highest BCUT2D eigenvalue weighted by Gasteiger charge is 2.29. The van der Waals surface area contributed by atoms with Crippen LogP contribution < -0.4 is 0 Å².